The van der Waals surface area contributed by atoms with Crippen molar-refractivity contribution in [2.45, 2.75) is 0 Å². The van der Waals surface area contributed by atoms with Gasteiger partial charge in [0.15, 0.2) is 0 Å². The Morgan fingerprint density at radius 1 is 1.43 bits per heavy atom. The van der Waals surface area contributed by atoms with Gasteiger partial charge in [-0.3, -0.25) is 4.79 Å². The molecule has 14 heavy (non-hydrogen) atoms. The van der Waals surface area contributed by atoms with Crippen LogP contribution in [0.15, 0.2) is 18.2 Å². The van der Waals surface area contributed by atoms with Gasteiger partial charge in [0, 0.05) is 10.1 Å². The van der Waals surface area contributed by atoms with Crippen LogP contribution in [0.4, 0.5) is 4.39 Å². The van der Waals surface area contributed by atoms with Crippen LogP contribution < -0.4 is 0 Å². The zero-order valence-electron chi connectivity index (χ0n) is 6.68. The third-order valence-electron chi connectivity index (χ3n) is 1.77. The normalized spacial score (nSPS) is 10.8. The van der Waals surface area contributed by atoms with E-state index in [0.717, 1.165) is 16.0 Å². The van der Waals surface area contributed by atoms with Crippen molar-refractivity contribution in [3.05, 3.63) is 33.9 Å². The number of hydrogen-bond acceptors (Lipinski definition) is 2. The van der Waals surface area contributed by atoms with Crippen molar-refractivity contribution in [2.24, 2.45) is 0 Å². The first kappa shape index (κ1) is 9.90. The van der Waals surface area contributed by atoms with Gasteiger partial charge in [-0.05, 0) is 29.8 Å². The molecule has 0 aliphatic rings. The van der Waals surface area contributed by atoms with E-state index >= 15 is 0 Å². The van der Waals surface area contributed by atoms with E-state index in [4.69, 9.17) is 23.2 Å². The summed E-state index contributed by atoms with van der Waals surface area (Å²) < 4.78 is 13.6. The maximum Gasteiger partial charge on any atom is 0.263 e. The monoisotopic (exact) mass is 248 g/mol. The van der Waals surface area contributed by atoms with Gasteiger partial charge >= 0.3 is 0 Å². The SMILES string of the molecule is O=C(Cl)c1sc2ccc(F)cc2c1Cl. The minimum absolute atomic E-state index is 0.226. The molecule has 0 atom stereocenters. The molecule has 1 nitrogen and oxygen atoms in total. The number of halogens is 3. The number of hydrogen-bond donors (Lipinski definition) is 0. The fourth-order valence-electron chi connectivity index (χ4n) is 1.17. The van der Waals surface area contributed by atoms with Gasteiger partial charge in [0.05, 0.1) is 5.02 Å². The molecule has 0 radical (unpaired) electrons. The van der Waals surface area contributed by atoms with E-state index in [9.17, 15) is 9.18 Å². The molecule has 1 heterocycles. The summed E-state index contributed by atoms with van der Waals surface area (Å²) >= 11 is 12.3. The van der Waals surface area contributed by atoms with Crippen molar-refractivity contribution >= 4 is 49.9 Å². The molecular weight excluding hydrogens is 246 g/mol. The molecule has 1 aromatic carbocycles. The van der Waals surface area contributed by atoms with Crippen molar-refractivity contribution in [3.63, 3.8) is 0 Å². The fraction of sp³-hybridized carbons (Fsp3) is 0. The van der Waals surface area contributed by atoms with E-state index in [1.54, 1.807) is 6.07 Å². The molecule has 0 bridgehead atoms. The van der Waals surface area contributed by atoms with Crippen LogP contribution in [0.2, 0.25) is 5.02 Å². The van der Waals surface area contributed by atoms with Crippen LogP contribution in [-0.2, 0) is 0 Å². The van der Waals surface area contributed by atoms with E-state index in [-0.39, 0.29) is 15.7 Å². The standard InChI is InChI=1S/C9H3Cl2FOS/c10-7-5-3-4(12)1-2-6(5)14-8(7)9(11)13/h1-3H. The van der Waals surface area contributed by atoms with Crippen LogP contribution in [0.3, 0.4) is 0 Å². The molecule has 2 aromatic rings. The quantitative estimate of drug-likeness (QED) is 0.696. The summed E-state index contributed by atoms with van der Waals surface area (Å²) in [6.45, 7) is 0. The van der Waals surface area contributed by atoms with Crippen molar-refractivity contribution < 1.29 is 9.18 Å². The Morgan fingerprint density at radius 2 is 2.14 bits per heavy atom. The number of rotatable bonds is 1. The molecule has 0 aliphatic heterocycles. The highest BCUT2D eigenvalue weighted by molar-refractivity contribution is 7.23. The maximum atomic E-state index is 12.9. The van der Waals surface area contributed by atoms with Gasteiger partial charge in [-0.15, -0.1) is 11.3 Å². The Hall–Kier alpha value is -0.640. The second-order valence-corrected chi connectivity index (χ2v) is 4.43. The highest BCUT2D eigenvalue weighted by atomic mass is 35.5. The smallest absolute Gasteiger partial charge is 0.263 e. The summed E-state index contributed by atoms with van der Waals surface area (Å²) in [4.78, 5) is 11.2. The Bertz CT molecular complexity index is 521. The van der Waals surface area contributed by atoms with E-state index in [2.05, 4.69) is 0 Å². The average Bonchev–Trinajstić information content (AvgIpc) is 2.44. The zero-order chi connectivity index (χ0) is 10.3. The molecule has 0 spiro atoms. The Balaban J connectivity index is 2.80. The first-order valence-corrected chi connectivity index (χ1v) is 5.24. The molecule has 2 rings (SSSR count). The molecule has 0 amide bonds. The second-order valence-electron chi connectivity index (χ2n) is 2.66. The number of carbonyl (C=O) groups excluding carboxylic acids is 1. The summed E-state index contributed by atoms with van der Waals surface area (Å²) in [5.74, 6) is -0.384. The number of carbonyl (C=O) groups is 1. The summed E-state index contributed by atoms with van der Waals surface area (Å²) in [7, 11) is 0. The molecule has 0 saturated carbocycles. The van der Waals surface area contributed by atoms with Crippen molar-refractivity contribution in [1.29, 1.82) is 0 Å². The van der Waals surface area contributed by atoms with Gasteiger partial charge in [0.2, 0.25) is 0 Å². The molecule has 0 fully saturated rings. The van der Waals surface area contributed by atoms with Gasteiger partial charge in [0.1, 0.15) is 10.7 Å². The van der Waals surface area contributed by atoms with Crippen LogP contribution in [0, 0.1) is 5.82 Å². The summed E-state index contributed by atoms with van der Waals surface area (Å²) in [5.41, 5.74) is 0. The number of fused-ring (bicyclic) bond motifs is 1. The lowest BCUT2D eigenvalue weighted by atomic mass is 10.2. The van der Waals surface area contributed by atoms with Crippen molar-refractivity contribution in [1.82, 2.24) is 0 Å². The first-order valence-electron chi connectivity index (χ1n) is 3.67. The second kappa shape index (κ2) is 3.50. The summed E-state index contributed by atoms with van der Waals surface area (Å²) in [6, 6.07) is 4.18. The van der Waals surface area contributed by atoms with E-state index in [1.807, 2.05) is 0 Å². The fourth-order valence-corrected chi connectivity index (χ4v) is 2.75. The van der Waals surface area contributed by atoms with Crippen LogP contribution >= 0.6 is 34.5 Å². The van der Waals surface area contributed by atoms with E-state index in [0.29, 0.717) is 5.39 Å². The van der Waals surface area contributed by atoms with Gasteiger partial charge in [0.25, 0.3) is 5.24 Å². The summed E-state index contributed by atoms with van der Waals surface area (Å²) in [6.07, 6.45) is 0. The lowest BCUT2D eigenvalue weighted by Crippen LogP contribution is -1.81. The van der Waals surface area contributed by atoms with Gasteiger partial charge in [-0.2, -0.15) is 0 Å². The minimum Gasteiger partial charge on any atom is -0.275 e. The Kier molecular flexibility index (Phi) is 2.47. The van der Waals surface area contributed by atoms with Gasteiger partial charge < -0.3 is 0 Å². The predicted molar refractivity (Wildman–Crippen MR) is 57.0 cm³/mol. The van der Waals surface area contributed by atoms with Gasteiger partial charge in [-0.25, -0.2) is 4.39 Å². The predicted octanol–water partition coefficient (Wildman–Crippen LogP) is 4.07. The molecule has 1 aromatic heterocycles. The third kappa shape index (κ3) is 1.52. The molecule has 5 heteroatoms. The lowest BCUT2D eigenvalue weighted by molar-refractivity contribution is 0.108. The zero-order valence-corrected chi connectivity index (χ0v) is 9.01. The Labute approximate surface area is 93.1 Å². The molecule has 0 saturated heterocycles. The maximum absolute atomic E-state index is 12.9. The van der Waals surface area contributed by atoms with Crippen LogP contribution in [0.25, 0.3) is 10.1 Å². The average molecular weight is 249 g/mol. The van der Waals surface area contributed by atoms with Gasteiger partial charge in [-0.1, -0.05) is 11.6 Å². The van der Waals surface area contributed by atoms with Crippen LogP contribution in [0.1, 0.15) is 9.67 Å². The molecule has 0 N–H and O–H groups in total. The summed E-state index contributed by atoms with van der Waals surface area (Å²) in [5, 5.41) is 0.141. The molecule has 0 aliphatic carbocycles. The molecule has 0 unspecified atom stereocenters. The highest BCUT2D eigenvalue weighted by Gasteiger charge is 2.15. The molecular formula is C9H3Cl2FOS. The topological polar surface area (TPSA) is 17.1 Å². The number of benzene rings is 1. The van der Waals surface area contributed by atoms with Crippen molar-refractivity contribution in [3.8, 4) is 0 Å². The lowest BCUT2D eigenvalue weighted by Gasteiger charge is -1.90. The largest absolute Gasteiger partial charge is 0.275 e. The third-order valence-corrected chi connectivity index (χ3v) is 3.74. The minimum atomic E-state index is -0.614. The first-order chi connectivity index (χ1) is 6.59. The Morgan fingerprint density at radius 3 is 2.79 bits per heavy atom. The van der Waals surface area contributed by atoms with Crippen LogP contribution in [-0.4, -0.2) is 5.24 Å². The number of thiophene rings is 1. The van der Waals surface area contributed by atoms with E-state index < -0.39 is 5.24 Å². The van der Waals surface area contributed by atoms with E-state index in [1.165, 1.54) is 12.1 Å². The van der Waals surface area contributed by atoms with Crippen LogP contribution in [0.5, 0.6) is 0 Å². The molecule has 72 valence electrons. The highest BCUT2D eigenvalue weighted by Crippen LogP contribution is 2.36. The van der Waals surface area contributed by atoms with Crippen molar-refractivity contribution in [2.75, 3.05) is 0 Å².